The highest BCUT2D eigenvalue weighted by Gasteiger charge is 2.20. The number of aromatic nitrogens is 1. The molecule has 136 valence electrons. The molecule has 5 nitrogen and oxygen atoms in total. The van der Waals surface area contributed by atoms with E-state index in [4.69, 9.17) is 0 Å². The Balaban J connectivity index is 1.64. The van der Waals surface area contributed by atoms with Crippen LogP contribution in [0, 0.1) is 25.7 Å². The van der Waals surface area contributed by atoms with Crippen LogP contribution in [0.2, 0.25) is 0 Å². The molecule has 0 saturated carbocycles. The topological polar surface area (TPSA) is 52.6 Å². The van der Waals surface area contributed by atoms with Gasteiger partial charge in [-0.1, -0.05) is 13.8 Å². The van der Waals surface area contributed by atoms with Gasteiger partial charge in [0.25, 0.3) is 0 Å². The number of likely N-dealkylation sites (tertiary alicyclic amines) is 1. The summed E-state index contributed by atoms with van der Waals surface area (Å²) >= 11 is 1.75. The highest BCUT2D eigenvalue weighted by Crippen LogP contribution is 2.20. The molecule has 1 aromatic rings. The smallest absolute Gasteiger partial charge is 0.191 e. The van der Waals surface area contributed by atoms with Gasteiger partial charge in [0, 0.05) is 31.6 Å². The molecule has 1 aliphatic heterocycles. The first-order chi connectivity index (χ1) is 11.5. The van der Waals surface area contributed by atoms with Crippen LogP contribution in [-0.4, -0.2) is 49.1 Å². The number of hydrogen-bond donors (Lipinski definition) is 2. The molecule has 1 aliphatic rings. The van der Waals surface area contributed by atoms with Crippen LogP contribution in [0.5, 0.6) is 0 Å². The third-order valence-corrected chi connectivity index (χ3v) is 5.66. The highest BCUT2D eigenvalue weighted by atomic mass is 32.1. The van der Waals surface area contributed by atoms with Crippen molar-refractivity contribution in [3.63, 3.8) is 0 Å². The Labute approximate surface area is 151 Å². The number of aliphatic imine (C=N–C) groups is 1. The summed E-state index contributed by atoms with van der Waals surface area (Å²) < 4.78 is 0. The van der Waals surface area contributed by atoms with Crippen LogP contribution in [0.15, 0.2) is 4.99 Å². The molecule has 24 heavy (non-hydrogen) atoms. The number of nitrogens with one attached hydrogen (secondary N) is 2. The summed E-state index contributed by atoms with van der Waals surface area (Å²) in [7, 11) is 1.82. The molecule has 1 saturated heterocycles. The average Bonchev–Trinajstić information content (AvgIpc) is 2.84. The fourth-order valence-electron chi connectivity index (χ4n) is 3.48. The maximum Gasteiger partial charge on any atom is 0.191 e. The standard InChI is InChI=1S/C18H33N5S/c1-13-9-14(2)12-23(11-13)8-6-7-20-18(19-5)21-10-17-22-15(3)16(4)24-17/h13-14H,6-12H2,1-5H3,(H2,19,20,21). The summed E-state index contributed by atoms with van der Waals surface area (Å²) in [5.41, 5.74) is 1.13. The molecule has 0 aliphatic carbocycles. The van der Waals surface area contributed by atoms with Crippen molar-refractivity contribution in [1.29, 1.82) is 0 Å². The number of thiazole rings is 1. The first-order valence-electron chi connectivity index (χ1n) is 9.07. The number of hydrogen-bond acceptors (Lipinski definition) is 4. The van der Waals surface area contributed by atoms with Crippen LogP contribution in [0.3, 0.4) is 0 Å². The second-order valence-electron chi connectivity index (χ2n) is 7.16. The summed E-state index contributed by atoms with van der Waals surface area (Å²) in [5, 5.41) is 7.88. The summed E-state index contributed by atoms with van der Waals surface area (Å²) in [6.07, 6.45) is 2.52. The van der Waals surface area contributed by atoms with Crippen molar-refractivity contribution in [3.8, 4) is 0 Å². The second kappa shape index (κ2) is 9.37. The Morgan fingerprint density at radius 2 is 1.96 bits per heavy atom. The summed E-state index contributed by atoms with van der Waals surface area (Å²) in [6, 6.07) is 0. The van der Waals surface area contributed by atoms with Gasteiger partial charge in [-0.15, -0.1) is 11.3 Å². The van der Waals surface area contributed by atoms with Gasteiger partial charge in [-0.25, -0.2) is 4.98 Å². The van der Waals surface area contributed by atoms with Crippen molar-refractivity contribution in [2.45, 2.75) is 47.1 Å². The van der Waals surface area contributed by atoms with E-state index in [1.54, 1.807) is 11.3 Å². The molecule has 0 spiro atoms. The van der Waals surface area contributed by atoms with Gasteiger partial charge in [0.1, 0.15) is 5.01 Å². The summed E-state index contributed by atoms with van der Waals surface area (Å²) in [6.45, 7) is 14.3. The van der Waals surface area contributed by atoms with Gasteiger partial charge in [-0.05, 0) is 45.1 Å². The molecule has 2 rings (SSSR count). The minimum Gasteiger partial charge on any atom is -0.356 e. The lowest BCUT2D eigenvalue weighted by Gasteiger charge is -2.35. The Morgan fingerprint density at radius 1 is 1.25 bits per heavy atom. The van der Waals surface area contributed by atoms with E-state index in [9.17, 15) is 0 Å². The SMILES string of the molecule is CN=C(NCCCN1CC(C)CC(C)C1)NCc1nc(C)c(C)s1. The summed E-state index contributed by atoms with van der Waals surface area (Å²) in [5.74, 6) is 2.53. The van der Waals surface area contributed by atoms with Gasteiger partial charge in [-0.3, -0.25) is 4.99 Å². The lowest BCUT2D eigenvalue weighted by atomic mass is 9.92. The third-order valence-electron chi connectivity index (χ3n) is 4.59. The second-order valence-corrected chi connectivity index (χ2v) is 8.45. The predicted molar refractivity (Wildman–Crippen MR) is 104 cm³/mol. The number of rotatable bonds is 6. The zero-order chi connectivity index (χ0) is 17.5. The third kappa shape index (κ3) is 6.06. The Kier molecular flexibility index (Phi) is 7.49. The molecule has 0 amide bonds. The normalized spacial score (nSPS) is 22.6. The van der Waals surface area contributed by atoms with Gasteiger partial charge in [-0.2, -0.15) is 0 Å². The Bertz CT molecular complexity index is 510. The van der Waals surface area contributed by atoms with E-state index >= 15 is 0 Å². The zero-order valence-corrected chi connectivity index (χ0v) is 16.7. The van der Waals surface area contributed by atoms with Crippen LogP contribution in [0.1, 0.15) is 42.3 Å². The van der Waals surface area contributed by atoms with Crippen molar-refractivity contribution in [1.82, 2.24) is 20.5 Å². The molecule has 0 bridgehead atoms. The van der Waals surface area contributed by atoms with Crippen LogP contribution >= 0.6 is 11.3 Å². The van der Waals surface area contributed by atoms with Gasteiger partial charge in [0.05, 0.1) is 12.2 Å². The van der Waals surface area contributed by atoms with Crippen molar-refractivity contribution >= 4 is 17.3 Å². The monoisotopic (exact) mass is 351 g/mol. The number of nitrogens with zero attached hydrogens (tertiary/aromatic N) is 3. The fourth-order valence-corrected chi connectivity index (χ4v) is 4.35. The molecule has 2 N–H and O–H groups in total. The van der Waals surface area contributed by atoms with E-state index in [0.29, 0.717) is 0 Å². The first kappa shape index (κ1) is 19.2. The molecule has 1 fully saturated rings. The van der Waals surface area contributed by atoms with Crippen molar-refractivity contribution in [2.24, 2.45) is 16.8 Å². The van der Waals surface area contributed by atoms with Gasteiger partial charge in [0.2, 0.25) is 0 Å². The molecule has 2 atom stereocenters. The van der Waals surface area contributed by atoms with Gasteiger partial charge < -0.3 is 15.5 Å². The van der Waals surface area contributed by atoms with Crippen LogP contribution in [-0.2, 0) is 6.54 Å². The van der Waals surface area contributed by atoms with E-state index in [-0.39, 0.29) is 0 Å². The van der Waals surface area contributed by atoms with E-state index in [1.807, 2.05) is 7.05 Å². The van der Waals surface area contributed by atoms with Crippen molar-refractivity contribution < 1.29 is 0 Å². The lowest BCUT2D eigenvalue weighted by Crippen LogP contribution is -2.41. The van der Waals surface area contributed by atoms with Crippen LogP contribution in [0.25, 0.3) is 0 Å². The van der Waals surface area contributed by atoms with E-state index in [2.05, 4.69) is 53.2 Å². The first-order valence-corrected chi connectivity index (χ1v) is 9.89. The number of piperidine rings is 1. The highest BCUT2D eigenvalue weighted by molar-refractivity contribution is 7.11. The molecule has 0 radical (unpaired) electrons. The molecule has 6 heteroatoms. The van der Waals surface area contributed by atoms with E-state index in [0.717, 1.165) is 48.0 Å². The van der Waals surface area contributed by atoms with E-state index < -0.39 is 0 Å². The molecule has 1 aromatic heterocycles. The van der Waals surface area contributed by atoms with Gasteiger partial charge >= 0.3 is 0 Å². The quantitative estimate of drug-likeness (QED) is 0.470. The van der Waals surface area contributed by atoms with Crippen LogP contribution < -0.4 is 10.6 Å². The number of aryl methyl sites for hydroxylation is 2. The minimum absolute atomic E-state index is 0.736. The molecular formula is C18H33N5S. The molecular weight excluding hydrogens is 318 g/mol. The van der Waals surface area contributed by atoms with Gasteiger partial charge in [0.15, 0.2) is 5.96 Å². The maximum absolute atomic E-state index is 4.55. The fraction of sp³-hybridized carbons (Fsp3) is 0.778. The average molecular weight is 352 g/mol. The minimum atomic E-state index is 0.736. The van der Waals surface area contributed by atoms with Crippen molar-refractivity contribution in [3.05, 3.63) is 15.6 Å². The lowest BCUT2D eigenvalue weighted by molar-refractivity contribution is 0.140. The van der Waals surface area contributed by atoms with Crippen molar-refractivity contribution in [2.75, 3.05) is 33.2 Å². The largest absolute Gasteiger partial charge is 0.356 e. The summed E-state index contributed by atoms with van der Waals surface area (Å²) in [4.78, 5) is 12.8. The molecule has 2 unspecified atom stereocenters. The Hall–Kier alpha value is -1.14. The predicted octanol–water partition coefficient (Wildman–Crippen LogP) is 2.79. The molecule has 2 heterocycles. The maximum atomic E-state index is 4.55. The van der Waals surface area contributed by atoms with Crippen LogP contribution in [0.4, 0.5) is 0 Å². The zero-order valence-electron chi connectivity index (χ0n) is 15.9. The Morgan fingerprint density at radius 3 is 2.54 bits per heavy atom. The molecule has 0 aromatic carbocycles. The number of guanidine groups is 1. The van der Waals surface area contributed by atoms with E-state index in [1.165, 1.54) is 30.9 Å².